The highest BCUT2D eigenvalue weighted by molar-refractivity contribution is 5.68. The zero-order valence-electron chi connectivity index (χ0n) is 8.72. The fourth-order valence-electron chi connectivity index (χ4n) is 1.60. The number of benzene rings is 2. The largest absolute Gasteiger partial charge is 0.508 e. The summed E-state index contributed by atoms with van der Waals surface area (Å²) in [5, 5.41) is 17.9. The summed E-state index contributed by atoms with van der Waals surface area (Å²) >= 11 is 0. The molecule has 0 saturated carbocycles. The molecule has 0 atom stereocenters. The van der Waals surface area contributed by atoms with E-state index in [1.54, 1.807) is 0 Å². The van der Waals surface area contributed by atoms with Gasteiger partial charge >= 0.3 is 0 Å². The lowest BCUT2D eigenvalue weighted by Gasteiger charge is -2.09. The minimum absolute atomic E-state index is 0.532. The molecular weight excluding hydrogens is 252 g/mol. The molecular formula is C12H6F4O2. The molecule has 0 radical (unpaired) electrons. The molecule has 2 aromatic carbocycles. The van der Waals surface area contributed by atoms with Crippen LogP contribution in [0.4, 0.5) is 17.6 Å². The second kappa shape index (κ2) is 4.21. The van der Waals surface area contributed by atoms with Gasteiger partial charge in [0.15, 0.2) is 0 Å². The lowest BCUT2D eigenvalue weighted by atomic mass is 10.0. The van der Waals surface area contributed by atoms with Gasteiger partial charge in [0.25, 0.3) is 0 Å². The van der Waals surface area contributed by atoms with Gasteiger partial charge in [-0.25, -0.2) is 17.6 Å². The third-order valence-electron chi connectivity index (χ3n) is 2.30. The molecule has 6 heteroatoms. The molecule has 2 aromatic rings. The minimum atomic E-state index is -1.31. The van der Waals surface area contributed by atoms with Crippen LogP contribution in [0.1, 0.15) is 0 Å². The van der Waals surface area contributed by atoms with Gasteiger partial charge in [0, 0.05) is 24.3 Å². The van der Waals surface area contributed by atoms with Gasteiger partial charge in [-0.15, -0.1) is 0 Å². The third-order valence-corrected chi connectivity index (χ3v) is 2.30. The van der Waals surface area contributed by atoms with Crippen molar-refractivity contribution in [1.29, 1.82) is 0 Å². The number of hydrogen-bond donors (Lipinski definition) is 2. The highest BCUT2D eigenvalue weighted by Gasteiger charge is 2.21. The summed E-state index contributed by atoms with van der Waals surface area (Å²) in [4.78, 5) is 0. The van der Waals surface area contributed by atoms with Crippen LogP contribution in [0.25, 0.3) is 11.1 Å². The molecule has 0 aliphatic rings. The van der Waals surface area contributed by atoms with E-state index in [1.165, 1.54) is 0 Å². The molecule has 0 heterocycles. The van der Waals surface area contributed by atoms with Crippen LogP contribution in [-0.4, -0.2) is 10.2 Å². The Morgan fingerprint density at radius 3 is 1.00 bits per heavy atom. The van der Waals surface area contributed by atoms with Gasteiger partial charge in [-0.3, -0.25) is 0 Å². The van der Waals surface area contributed by atoms with Crippen LogP contribution >= 0.6 is 0 Å². The van der Waals surface area contributed by atoms with Crippen molar-refractivity contribution in [2.75, 3.05) is 0 Å². The zero-order chi connectivity index (χ0) is 13.4. The maximum absolute atomic E-state index is 13.5. The smallest absolute Gasteiger partial charge is 0.137 e. The Labute approximate surface area is 98.7 Å². The summed E-state index contributed by atoms with van der Waals surface area (Å²) in [5.74, 6) is -6.64. The van der Waals surface area contributed by atoms with E-state index in [-0.39, 0.29) is 0 Å². The monoisotopic (exact) mass is 258 g/mol. The topological polar surface area (TPSA) is 40.5 Å². The summed E-state index contributed by atoms with van der Waals surface area (Å²) in [7, 11) is 0. The number of phenolic OH excluding ortho intramolecular Hbond substituents is 2. The number of phenols is 2. The second-order valence-corrected chi connectivity index (χ2v) is 3.57. The Hall–Kier alpha value is -2.24. The van der Waals surface area contributed by atoms with Crippen LogP contribution in [0.3, 0.4) is 0 Å². The molecule has 0 bridgehead atoms. The van der Waals surface area contributed by atoms with Gasteiger partial charge in [0.05, 0.1) is 11.1 Å². The summed E-state index contributed by atoms with van der Waals surface area (Å²) in [5.41, 5.74) is -1.88. The molecule has 0 saturated heterocycles. The predicted octanol–water partition coefficient (Wildman–Crippen LogP) is 3.32. The lowest BCUT2D eigenvalue weighted by Crippen LogP contribution is -1.96. The first-order valence-electron chi connectivity index (χ1n) is 4.76. The molecule has 2 rings (SSSR count). The van der Waals surface area contributed by atoms with E-state index in [4.69, 9.17) is 10.2 Å². The van der Waals surface area contributed by atoms with E-state index < -0.39 is 45.9 Å². The van der Waals surface area contributed by atoms with E-state index in [0.29, 0.717) is 24.3 Å². The molecule has 0 amide bonds. The van der Waals surface area contributed by atoms with Crippen molar-refractivity contribution >= 4 is 0 Å². The normalized spacial score (nSPS) is 10.7. The Bertz CT molecular complexity index is 524. The quantitative estimate of drug-likeness (QED) is 0.770. The van der Waals surface area contributed by atoms with Crippen LogP contribution in [0, 0.1) is 23.3 Å². The van der Waals surface area contributed by atoms with Crippen molar-refractivity contribution in [3.63, 3.8) is 0 Å². The molecule has 2 nitrogen and oxygen atoms in total. The lowest BCUT2D eigenvalue weighted by molar-refractivity contribution is 0.456. The maximum atomic E-state index is 13.5. The van der Waals surface area contributed by atoms with E-state index in [0.717, 1.165) is 0 Å². The fraction of sp³-hybridized carbons (Fsp3) is 0. The third kappa shape index (κ3) is 1.97. The van der Waals surface area contributed by atoms with Crippen molar-refractivity contribution in [3.8, 4) is 22.6 Å². The average Bonchev–Trinajstić information content (AvgIpc) is 2.20. The zero-order valence-corrected chi connectivity index (χ0v) is 8.72. The van der Waals surface area contributed by atoms with Crippen LogP contribution in [0.15, 0.2) is 24.3 Å². The first-order valence-corrected chi connectivity index (χ1v) is 4.76. The summed E-state index contributed by atoms with van der Waals surface area (Å²) < 4.78 is 53.8. The van der Waals surface area contributed by atoms with Gasteiger partial charge in [-0.05, 0) is 0 Å². The number of halogens is 4. The van der Waals surface area contributed by atoms with Crippen LogP contribution < -0.4 is 0 Å². The number of aromatic hydroxyl groups is 2. The Balaban J connectivity index is 2.78. The van der Waals surface area contributed by atoms with Gasteiger partial charge in [-0.1, -0.05) is 0 Å². The Morgan fingerprint density at radius 1 is 0.556 bits per heavy atom. The molecule has 0 fully saturated rings. The van der Waals surface area contributed by atoms with Gasteiger partial charge in [0.2, 0.25) is 0 Å². The molecule has 94 valence electrons. The summed E-state index contributed by atoms with van der Waals surface area (Å²) in [6.45, 7) is 0. The summed E-state index contributed by atoms with van der Waals surface area (Å²) in [6.07, 6.45) is 0. The first-order chi connectivity index (χ1) is 8.40. The molecule has 18 heavy (non-hydrogen) atoms. The van der Waals surface area contributed by atoms with E-state index in [1.807, 2.05) is 0 Å². The maximum Gasteiger partial charge on any atom is 0.137 e. The predicted molar refractivity (Wildman–Crippen MR) is 55.0 cm³/mol. The molecule has 0 aliphatic carbocycles. The number of rotatable bonds is 1. The van der Waals surface area contributed by atoms with Gasteiger partial charge in [-0.2, -0.15) is 0 Å². The standard InChI is InChI=1S/C12H6F4O2/c13-7-1-5(17)2-8(14)11(7)12-9(15)3-6(18)4-10(12)16/h1-4,17-18H. The van der Waals surface area contributed by atoms with E-state index >= 15 is 0 Å². The Kier molecular flexibility index (Phi) is 2.86. The first kappa shape index (κ1) is 12.2. The minimum Gasteiger partial charge on any atom is -0.508 e. The molecule has 2 N–H and O–H groups in total. The molecule has 0 aliphatic heterocycles. The Morgan fingerprint density at radius 2 is 0.778 bits per heavy atom. The van der Waals surface area contributed by atoms with Crippen molar-refractivity contribution in [2.45, 2.75) is 0 Å². The van der Waals surface area contributed by atoms with E-state index in [2.05, 4.69) is 0 Å². The second-order valence-electron chi connectivity index (χ2n) is 3.57. The molecule has 0 spiro atoms. The highest BCUT2D eigenvalue weighted by Crippen LogP contribution is 2.34. The van der Waals surface area contributed by atoms with E-state index in [9.17, 15) is 17.6 Å². The van der Waals surface area contributed by atoms with Gasteiger partial charge < -0.3 is 10.2 Å². The van der Waals surface area contributed by atoms with Crippen molar-refractivity contribution in [3.05, 3.63) is 47.5 Å². The molecule has 0 aromatic heterocycles. The highest BCUT2D eigenvalue weighted by atomic mass is 19.1. The van der Waals surface area contributed by atoms with Crippen LogP contribution in [0.5, 0.6) is 11.5 Å². The summed E-state index contributed by atoms with van der Waals surface area (Å²) in [6, 6.07) is 2.13. The van der Waals surface area contributed by atoms with Crippen molar-refractivity contribution in [1.82, 2.24) is 0 Å². The molecule has 0 unspecified atom stereocenters. The average molecular weight is 258 g/mol. The van der Waals surface area contributed by atoms with Crippen molar-refractivity contribution < 1.29 is 27.8 Å². The van der Waals surface area contributed by atoms with Crippen molar-refractivity contribution in [2.24, 2.45) is 0 Å². The number of hydrogen-bond acceptors (Lipinski definition) is 2. The van der Waals surface area contributed by atoms with Gasteiger partial charge in [0.1, 0.15) is 34.8 Å². The van der Waals surface area contributed by atoms with Crippen LogP contribution in [-0.2, 0) is 0 Å². The fourth-order valence-corrected chi connectivity index (χ4v) is 1.60. The SMILES string of the molecule is Oc1cc(F)c(-c2c(F)cc(O)cc2F)c(F)c1. The van der Waals surface area contributed by atoms with Crippen LogP contribution in [0.2, 0.25) is 0 Å².